The Kier molecular flexibility index (Phi) is 5.58. The molecule has 0 amide bonds. The fourth-order valence-corrected chi connectivity index (χ4v) is 4.33. The van der Waals surface area contributed by atoms with Crippen LogP contribution in [-0.2, 0) is 0 Å². The van der Waals surface area contributed by atoms with Crippen LogP contribution in [0.4, 0.5) is 0 Å². The topological polar surface area (TPSA) is 51.1 Å². The van der Waals surface area contributed by atoms with Crippen molar-refractivity contribution >= 4 is 5.96 Å². The minimum Gasteiger partial charge on any atom is -0.393 e. The second-order valence-electron chi connectivity index (χ2n) is 7.17. The average Bonchev–Trinajstić information content (AvgIpc) is 3.19. The van der Waals surface area contributed by atoms with Gasteiger partial charge in [0.15, 0.2) is 5.96 Å². The van der Waals surface area contributed by atoms with Crippen LogP contribution in [0.15, 0.2) is 4.99 Å². The normalized spacial score (nSPS) is 34.4. The van der Waals surface area contributed by atoms with Gasteiger partial charge in [0.2, 0.25) is 0 Å². The standard InChI is InChI=1S/C17H32N4O/c1-18-17(19-12-14-6-5-7-16(14)22)21-11-8-15(13-21)20-9-3-2-4-10-20/h14-16,22H,2-13H2,1H3,(H,18,19). The number of nitrogens with one attached hydrogen (secondary N) is 1. The van der Waals surface area contributed by atoms with Gasteiger partial charge >= 0.3 is 0 Å². The predicted octanol–water partition coefficient (Wildman–Crippen LogP) is 1.28. The summed E-state index contributed by atoms with van der Waals surface area (Å²) in [7, 11) is 1.88. The number of nitrogens with zero attached hydrogens (tertiary/aromatic N) is 3. The summed E-state index contributed by atoms with van der Waals surface area (Å²) < 4.78 is 0. The fourth-order valence-electron chi connectivity index (χ4n) is 4.33. The molecule has 2 N–H and O–H groups in total. The van der Waals surface area contributed by atoms with Crippen LogP contribution in [0, 0.1) is 5.92 Å². The van der Waals surface area contributed by atoms with Crippen molar-refractivity contribution in [2.24, 2.45) is 10.9 Å². The first kappa shape index (κ1) is 16.1. The number of rotatable bonds is 3. The number of aliphatic hydroxyl groups excluding tert-OH is 1. The fraction of sp³-hybridized carbons (Fsp3) is 0.941. The molecule has 126 valence electrons. The minimum atomic E-state index is -0.120. The summed E-state index contributed by atoms with van der Waals surface area (Å²) in [6.45, 7) is 5.62. The van der Waals surface area contributed by atoms with E-state index in [1.54, 1.807) is 0 Å². The molecule has 3 rings (SSSR count). The summed E-state index contributed by atoms with van der Waals surface area (Å²) in [5.41, 5.74) is 0. The van der Waals surface area contributed by atoms with Crippen LogP contribution >= 0.6 is 0 Å². The third kappa shape index (κ3) is 3.74. The second-order valence-corrected chi connectivity index (χ2v) is 7.17. The first-order valence-electron chi connectivity index (χ1n) is 9.15. The lowest BCUT2D eigenvalue weighted by Crippen LogP contribution is -2.45. The lowest BCUT2D eigenvalue weighted by atomic mass is 10.1. The van der Waals surface area contributed by atoms with Crippen LogP contribution < -0.4 is 5.32 Å². The zero-order valence-electron chi connectivity index (χ0n) is 14.0. The number of hydrogen-bond donors (Lipinski definition) is 2. The molecule has 0 bridgehead atoms. The molecule has 0 aromatic carbocycles. The first-order valence-corrected chi connectivity index (χ1v) is 9.15. The summed E-state index contributed by atoms with van der Waals surface area (Å²) in [5, 5.41) is 13.5. The molecule has 2 heterocycles. The lowest BCUT2D eigenvalue weighted by molar-refractivity contribution is 0.133. The van der Waals surface area contributed by atoms with Gasteiger partial charge in [-0.15, -0.1) is 0 Å². The molecule has 0 aromatic heterocycles. The van der Waals surface area contributed by atoms with Crippen molar-refractivity contribution in [3.8, 4) is 0 Å². The van der Waals surface area contributed by atoms with Gasteiger partial charge in [-0.05, 0) is 45.2 Å². The highest BCUT2D eigenvalue weighted by Crippen LogP contribution is 2.25. The molecular weight excluding hydrogens is 276 g/mol. The van der Waals surface area contributed by atoms with Crippen LogP contribution in [0.25, 0.3) is 0 Å². The molecule has 3 atom stereocenters. The minimum absolute atomic E-state index is 0.120. The van der Waals surface area contributed by atoms with Crippen molar-refractivity contribution in [3.63, 3.8) is 0 Å². The zero-order valence-corrected chi connectivity index (χ0v) is 14.0. The van der Waals surface area contributed by atoms with Gasteiger partial charge in [0.1, 0.15) is 0 Å². The van der Waals surface area contributed by atoms with Crippen molar-refractivity contribution in [2.75, 3.05) is 39.8 Å². The number of piperidine rings is 1. The highest BCUT2D eigenvalue weighted by atomic mass is 16.3. The third-order valence-electron chi connectivity index (χ3n) is 5.72. The molecular formula is C17H32N4O. The van der Waals surface area contributed by atoms with Crippen molar-refractivity contribution in [2.45, 2.75) is 57.1 Å². The maximum absolute atomic E-state index is 9.95. The van der Waals surface area contributed by atoms with Crippen LogP contribution in [0.3, 0.4) is 0 Å². The van der Waals surface area contributed by atoms with Gasteiger partial charge in [0.25, 0.3) is 0 Å². The van der Waals surface area contributed by atoms with Gasteiger partial charge in [-0.2, -0.15) is 0 Å². The Labute approximate surface area is 134 Å². The molecule has 3 fully saturated rings. The van der Waals surface area contributed by atoms with E-state index in [9.17, 15) is 5.11 Å². The van der Waals surface area contributed by atoms with Gasteiger partial charge in [-0.3, -0.25) is 9.89 Å². The molecule has 22 heavy (non-hydrogen) atoms. The molecule has 3 unspecified atom stereocenters. The number of aliphatic imine (C=N–C) groups is 1. The van der Waals surface area contributed by atoms with E-state index in [4.69, 9.17) is 0 Å². The lowest BCUT2D eigenvalue weighted by Gasteiger charge is -2.32. The van der Waals surface area contributed by atoms with Crippen LogP contribution in [-0.4, -0.2) is 72.8 Å². The summed E-state index contributed by atoms with van der Waals surface area (Å²) in [4.78, 5) is 9.55. The van der Waals surface area contributed by atoms with E-state index in [-0.39, 0.29) is 6.10 Å². The number of hydrogen-bond acceptors (Lipinski definition) is 3. The molecule has 0 radical (unpaired) electrons. The Balaban J connectivity index is 1.47. The van der Waals surface area contributed by atoms with E-state index in [1.807, 2.05) is 7.05 Å². The Hall–Kier alpha value is -0.810. The molecule has 0 spiro atoms. The second kappa shape index (κ2) is 7.64. The molecule has 3 aliphatic rings. The van der Waals surface area contributed by atoms with E-state index in [0.717, 1.165) is 44.9 Å². The summed E-state index contributed by atoms with van der Waals surface area (Å²) in [6.07, 6.45) is 8.53. The summed E-state index contributed by atoms with van der Waals surface area (Å²) >= 11 is 0. The van der Waals surface area contributed by atoms with Crippen molar-refractivity contribution in [1.29, 1.82) is 0 Å². The number of aliphatic hydroxyl groups is 1. The number of guanidine groups is 1. The largest absolute Gasteiger partial charge is 0.393 e. The Bertz CT molecular complexity index is 381. The van der Waals surface area contributed by atoms with Crippen molar-refractivity contribution in [3.05, 3.63) is 0 Å². The van der Waals surface area contributed by atoms with E-state index < -0.39 is 0 Å². The Morgan fingerprint density at radius 3 is 2.59 bits per heavy atom. The summed E-state index contributed by atoms with van der Waals surface area (Å²) in [6, 6.07) is 0.705. The summed E-state index contributed by atoms with van der Waals surface area (Å²) in [5.74, 6) is 1.43. The first-order chi connectivity index (χ1) is 10.8. The van der Waals surface area contributed by atoms with Crippen LogP contribution in [0.1, 0.15) is 44.9 Å². The van der Waals surface area contributed by atoms with Crippen molar-refractivity contribution < 1.29 is 5.11 Å². The SMILES string of the molecule is CN=C(NCC1CCCC1O)N1CCC(N2CCCCC2)C1. The maximum atomic E-state index is 9.95. The Morgan fingerprint density at radius 2 is 1.91 bits per heavy atom. The van der Waals surface area contributed by atoms with Gasteiger partial charge in [0.05, 0.1) is 6.10 Å². The van der Waals surface area contributed by atoms with Gasteiger partial charge in [-0.1, -0.05) is 12.8 Å². The predicted molar refractivity (Wildman–Crippen MR) is 90.1 cm³/mol. The molecule has 2 saturated heterocycles. The smallest absolute Gasteiger partial charge is 0.193 e. The molecule has 0 aromatic rings. The highest BCUT2D eigenvalue weighted by Gasteiger charge is 2.31. The molecule has 5 nitrogen and oxygen atoms in total. The quantitative estimate of drug-likeness (QED) is 0.609. The number of likely N-dealkylation sites (tertiary alicyclic amines) is 2. The monoisotopic (exact) mass is 308 g/mol. The van der Waals surface area contributed by atoms with Crippen molar-refractivity contribution in [1.82, 2.24) is 15.1 Å². The van der Waals surface area contributed by atoms with E-state index in [1.165, 1.54) is 38.8 Å². The van der Waals surface area contributed by atoms with Gasteiger partial charge < -0.3 is 15.3 Å². The Morgan fingerprint density at radius 1 is 1.09 bits per heavy atom. The molecule has 5 heteroatoms. The molecule has 1 aliphatic carbocycles. The van der Waals surface area contributed by atoms with Gasteiger partial charge in [0, 0.05) is 38.6 Å². The third-order valence-corrected chi connectivity index (χ3v) is 5.72. The van der Waals surface area contributed by atoms with Gasteiger partial charge in [-0.25, -0.2) is 0 Å². The van der Waals surface area contributed by atoms with Crippen LogP contribution in [0.2, 0.25) is 0 Å². The maximum Gasteiger partial charge on any atom is 0.193 e. The molecule has 2 aliphatic heterocycles. The zero-order chi connectivity index (χ0) is 15.4. The van der Waals surface area contributed by atoms with E-state index >= 15 is 0 Å². The molecule has 1 saturated carbocycles. The highest BCUT2D eigenvalue weighted by molar-refractivity contribution is 5.80. The van der Waals surface area contributed by atoms with E-state index in [0.29, 0.717) is 12.0 Å². The average molecular weight is 308 g/mol. The van der Waals surface area contributed by atoms with E-state index in [2.05, 4.69) is 20.1 Å². The van der Waals surface area contributed by atoms with Crippen LogP contribution in [0.5, 0.6) is 0 Å².